The Hall–Kier alpha value is -1.51. The molecule has 0 aromatic heterocycles. The molecule has 94 valence electrons. The van der Waals surface area contributed by atoms with Gasteiger partial charge >= 0.3 is 5.97 Å². The lowest BCUT2D eigenvalue weighted by Crippen LogP contribution is -2.05. The summed E-state index contributed by atoms with van der Waals surface area (Å²) in [7, 11) is 1.66. The van der Waals surface area contributed by atoms with Crippen LogP contribution in [0.3, 0.4) is 0 Å². The normalized spacial score (nSPS) is 12.2. The van der Waals surface area contributed by atoms with E-state index in [0.29, 0.717) is 5.92 Å². The lowest BCUT2D eigenvalue weighted by Gasteiger charge is -2.13. The molecule has 1 atom stereocenters. The molecule has 3 nitrogen and oxygen atoms in total. The second kappa shape index (κ2) is 6.28. The van der Waals surface area contributed by atoms with Gasteiger partial charge in [-0.2, -0.15) is 0 Å². The van der Waals surface area contributed by atoms with Crippen LogP contribution in [0.5, 0.6) is 5.75 Å². The van der Waals surface area contributed by atoms with Crippen molar-refractivity contribution in [1.29, 1.82) is 0 Å². The number of benzene rings is 1. The fourth-order valence-electron chi connectivity index (χ4n) is 1.87. The molecule has 0 fully saturated rings. The first-order chi connectivity index (χ1) is 8.02. The van der Waals surface area contributed by atoms with E-state index in [-0.39, 0.29) is 6.42 Å². The number of carbonyl (C=O) groups is 1. The van der Waals surface area contributed by atoms with Crippen molar-refractivity contribution in [2.75, 3.05) is 7.11 Å². The molecule has 0 saturated heterocycles. The van der Waals surface area contributed by atoms with Gasteiger partial charge in [0.25, 0.3) is 0 Å². The Kier molecular flexibility index (Phi) is 5.01. The predicted octanol–water partition coefficient (Wildman–Crippen LogP) is 3.05. The molecule has 1 N–H and O–H groups in total. The second-order valence-corrected chi connectivity index (χ2v) is 4.53. The van der Waals surface area contributed by atoms with Gasteiger partial charge in [0, 0.05) is 6.42 Å². The summed E-state index contributed by atoms with van der Waals surface area (Å²) in [4.78, 5) is 10.5. The second-order valence-electron chi connectivity index (χ2n) is 4.53. The van der Waals surface area contributed by atoms with E-state index in [1.54, 1.807) is 7.11 Å². The molecule has 0 bridgehead atoms. The zero-order valence-electron chi connectivity index (χ0n) is 10.7. The van der Waals surface area contributed by atoms with Crippen LogP contribution in [0.15, 0.2) is 18.2 Å². The first-order valence-electron chi connectivity index (χ1n) is 5.88. The Labute approximate surface area is 102 Å². The van der Waals surface area contributed by atoms with Crippen molar-refractivity contribution in [3.63, 3.8) is 0 Å². The third-order valence-corrected chi connectivity index (χ3v) is 2.97. The van der Waals surface area contributed by atoms with E-state index in [1.165, 1.54) is 11.1 Å². The van der Waals surface area contributed by atoms with E-state index in [0.717, 1.165) is 18.6 Å². The Balaban J connectivity index is 2.59. The number of hydrogen-bond donors (Lipinski definition) is 1. The molecule has 1 unspecified atom stereocenters. The maximum Gasteiger partial charge on any atom is 0.303 e. The number of carboxylic acids is 1. The standard InChI is InChI=1S/C14H20O3/c1-10(4-7-14(15)16)8-12-5-6-13(17-3)9-11(12)2/h5-6,9-10H,4,7-8H2,1-3H3,(H,15,16). The summed E-state index contributed by atoms with van der Waals surface area (Å²) in [6.07, 6.45) is 1.89. The molecule has 1 aromatic rings. The Bertz CT molecular complexity index is 385. The maximum atomic E-state index is 10.5. The topological polar surface area (TPSA) is 46.5 Å². The van der Waals surface area contributed by atoms with Crippen LogP contribution < -0.4 is 4.74 Å². The average molecular weight is 236 g/mol. The van der Waals surface area contributed by atoms with E-state index in [9.17, 15) is 4.79 Å². The summed E-state index contributed by atoms with van der Waals surface area (Å²) >= 11 is 0. The summed E-state index contributed by atoms with van der Waals surface area (Å²) in [5, 5.41) is 8.63. The number of rotatable bonds is 6. The van der Waals surface area contributed by atoms with Crippen LogP contribution in [-0.2, 0) is 11.2 Å². The SMILES string of the molecule is COc1ccc(CC(C)CCC(=O)O)c(C)c1. The molecule has 0 radical (unpaired) electrons. The lowest BCUT2D eigenvalue weighted by molar-refractivity contribution is -0.137. The van der Waals surface area contributed by atoms with Gasteiger partial charge in [-0.25, -0.2) is 0 Å². The minimum Gasteiger partial charge on any atom is -0.497 e. The van der Waals surface area contributed by atoms with Gasteiger partial charge in [-0.15, -0.1) is 0 Å². The van der Waals surface area contributed by atoms with Crippen molar-refractivity contribution in [2.45, 2.75) is 33.1 Å². The van der Waals surface area contributed by atoms with Gasteiger partial charge in [-0.3, -0.25) is 4.79 Å². The van der Waals surface area contributed by atoms with Crippen LogP contribution in [0.1, 0.15) is 30.9 Å². The molecule has 0 amide bonds. The number of hydrogen-bond acceptors (Lipinski definition) is 2. The molecule has 0 aliphatic carbocycles. The highest BCUT2D eigenvalue weighted by Gasteiger charge is 2.08. The van der Waals surface area contributed by atoms with Crippen molar-refractivity contribution >= 4 is 5.97 Å². The van der Waals surface area contributed by atoms with Gasteiger partial charge in [0.15, 0.2) is 0 Å². The van der Waals surface area contributed by atoms with Crippen molar-refractivity contribution in [1.82, 2.24) is 0 Å². The number of ether oxygens (including phenoxy) is 1. The molecule has 3 heteroatoms. The fraction of sp³-hybridized carbons (Fsp3) is 0.500. The maximum absolute atomic E-state index is 10.5. The Morgan fingerprint density at radius 1 is 1.47 bits per heavy atom. The zero-order chi connectivity index (χ0) is 12.8. The highest BCUT2D eigenvalue weighted by molar-refractivity contribution is 5.66. The lowest BCUT2D eigenvalue weighted by atomic mass is 9.94. The van der Waals surface area contributed by atoms with E-state index in [2.05, 4.69) is 19.9 Å². The molecule has 17 heavy (non-hydrogen) atoms. The van der Waals surface area contributed by atoms with Gasteiger partial charge in [0.05, 0.1) is 7.11 Å². The highest BCUT2D eigenvalue weighted by Crippen LogP contribution is 2.21. The van der Waals surface area contributed by atoms with Gasteiger partial charge in [0.1, 0.15) is 5.75 Å². The molecule has 0 heterocycles. The monoisotopic (exact) mass is 236 g/mol. The number of methoxy groups -OCH3 is 1. The number of aryl methyl sites for hydroxylation is 1. The van der Waals surface area contributed by atoms with Crippen LogP contribution in [0.2, 0.25) is 0 Å². The van der Waals surface area contributed by atoms with Crippen molar-refractivity contribution < 1.29 is 14.6 Å². The fourth-order valence-corrected chi connectivity index (χ4v) is 1.87. The molecule has 0 spiro atoms. The predicted molar refractivity (Wildman–Crippen MR) is 67.5 cm³/mol. The summed E-state index contributed by atoms with van der Waals surface area (Å²) < 4.78 is 5.16. The minimum absolute atomic E-state index is 0.246. The molecule has 1 rings (SSSR count). The van der Waals surface area contributed by atoms with E-state index < -0.39 is 5.97 Å². The third-order valence-electron chi connectivity index (χ3n) is 2.97. The first kappa shape index (κ1) is 13.6. The molecule has 0 aliphatic rings. The average Bonchev–Trinajstić information content (AvgIpc) is 2.29. The van der Waals surface area contributed by atoms with Crippen molar-refractivity contribution in [3.8, 4) is 5.75 Å². The molecule has 1 aromatic carbocycles. The van der Waals surface area contributed by atoms with Crippen LogP contribution >= 0.6 is 0 Å². The molecule has 0 aliphatic heterocycles. The zero-order valence-corrected chi connectivity index (χ0v) is 10.7. The van der Waals surface area contributed by atoms with Crippen molar-refractivity contribution in [3.05, 3.63) is 29.3 Å². The van der Waals surface area contributed by atoms with Crippen molar-refractivity contribution in [2.24, 2.45) is 5.92 Å². The summed E-state index contributed by atoms with van der Waals surface area (Å²) in [5.74, 6) is 0.533. The Morgan fingerprint density at radius 2 is 2.18 bits per heavy atom. The summed E-state index contributed by atoms with van der Waals surface area (Å²) in [6.45, 7) is 4.15. The molecular weight excluding hydrogens is 216 g/mol. The van der Waals surface area contributed by atoms with Gasteiger partial charge in [-0.05, 0) is 48.9 Å². The van der Waals surface area contributed by atoms with E-state index in [1.807, 2.05) is 12.1 Å². The summed E-state index contributed by atoms with van der Waals surface area (Å²) in [6, 6.07) is 6.02. The van der Waals surface area contributed by atoms with Gasteiger partial charge in [-0.1, -0.05) is 13.0 Å². The number of aliphatic carboxylic acids is 1. The third kappa shape index (κ3) is 4.47. The summed E-state index contributed by atoms with van der Waals surface area (Å²) in [5.41, 5.74) is 2.47. The first-order valence-corrected chi connectivity index (χ1v) is 5.88. The molecule has 0 saturated carbocycles. The van der Waals surface area contributed by atoms with Crippen LogP contribution in [0.25, 0.3) is 0 Å². The largest absolute Gasteiger partial charge is 0.497 e. The quantitative estimate of drug-likeness (QED) is 0.825. The van der Waals surface area contributed by atoms with Gasteiger partial charge in [0.2, 0.25) is 0 Å². The van der Waals surface area contributed by atoms with Gasteiger partial charge < -0.3 is 9.84 Å². The highest BCUT2D eigenvalue weighted by atomic mass is 16.5. The smallest absolute Gasteiger partial charge is 0.303 e. The number of carboxylic acid groups (broad SMARTS) is 1. The van der Waals surface area contributed by atoms with Crippen LogP contribution in [0, 0.1) is 12.8 Å². The van der Waals surface area contributed by atoms with E-state index >= 15 is 0 Å². The Morgan fingerprint density at radius 3 is 2.71 bits per heavy atom. The van der Waals surface area contributed by atoms with Crippen LogP contribution in [0.4, 0.5) is 0 Å². The molecular formula is C14H20O3. The van der Waals surface area contributed by atoms with Crippen LogP contribution in [-0.4, -0.2) is 18.2 Å². The minimum atomic E-state index is -0.719. The van der Waals surface area contributed by atoms with E-state index in [4.69, 9.17) is 9.84 Å².